The lowest BCUT2D eigenvalue weighted by Crippen LogP contribution is -2.55. The van der Waals surface area contributed by atoms with E-state index in [1.54, 1.807) is 34.6 Å². The van der Waals surface area contributed by atoms with E-state index in [-0.39, 0.29) is 37.3 Å². The molecule has 0 aliphatic heterocycles. The van der Waals surface area contributed by atoms with Crippen LogP contribution in [-0.2, 0) is 19.1 Å². The van der Waals surface area contributed by atoms with Gasteiger partial charge in [-0.05, 0) is 89.4 Å². The molecule has 0 unspecified atom stereocenters. The Kier molecular flexibility index (Phi) is 12.9. The number of amides is 3. The second kappa shape index (κ2) is 14.7. The molecular formula is C28H45BrN6O5. The molecule has 3 N–H and O–H groups in total. The fourth-order valence-electron chi connectivity index (χ4n) is 3.86. The molecule has 0 aliphatic carbocycles. The standard InChI is InChI=1S/C28H45BrN6O5/c1-17-13-18(2)23(19(3)22(17)29)33-21(36)12-11-20(32-25(38)40-26(4,5)6)24(37)34-28(9,10)16-39-15-27(7,8)14-31-35-30/h13,20H,11-12,14-16H2,1-10H3,(H,32,38)(H,33,36)(H,34,37)/t20-/m0/s1. The molecule has 11 nitrogen and oxygen atoms in total. The van der Waals surface area contributed by atoms with E-state index in [2.05, 4.69) is 41.9 Å². The molecule has 1 atom stereocenters. The number of alkyl carbamates (subject to hydrolysis) is 1. The van der Waals surface area contributed by atoms with Gasteiger partial charge in [-0.2, -0.15) is 0 Å². The topological polar surface area (TPSA) is 155 Å². The van der Waals surface area contributed by atoms with Crippen LogP contribution in [0.4, 0.5) is 10.5 Å². The molecule has 0 spiro atoms. The maximum atomic E-state index is 13.3. The minimum absolute atomic E-state index is 0.0111. The van der Waals surface area contributed by atoms with Gasteiger partial charge in [0.25, 0.3) is 0 Å². The number of carbonyl (C=O) groups excluding carboxylic acids is 3. The van der Waals surface area contributed by atoms with E-state index in [1.807, 2.05) is 40.7 Å². The van der Waals surface area contributed by atoms with Gasteiger partial charge in [-0.3, -0.25) is 9.59 Å². The van der Waals surface area contributed by atoms with E-state index in [9.17, 15) is 14.4 Å². The third-order valence-corrected chi connectivity index (χ3v) is 7.01. The average Bonchev–Trinajstić information content (AvgIpc) is 2.80. The number of hydrogen-bond donors (Lipinski definition) is 3. The zero-order valence-corrected chi connectivity index (χ0v) is 27.0. The summed E-state index contributed by atoms with van der Waals surface area (Å²) < 4.78 is 12.1. The summed E-state index contributed by atoms with van der Waals surface area (Å²) in [6, 6.07) is 0.961. The van der Waals surface area contributed by atoms with Crippen LogP contribution < -0.4 is 16.0 Å². The van der Waals surface area contributed by atoms with Crippen LogP contribution in [0.15, 0.2) is 15.7 Å². The normalized spacial score (nSPS) is 12.7. The Balaban J connectivity index is 2.93. The third-order valence-electron chi connectivity index (χ3n) is 5.79. The Morgan fingerprint density at radius 1 is 1.05 bits per heavy atom. The largest absolute Gasteiger partial charge is 0.444 e. The van der Waals surface area contributed by atoms with E-state index in [1.165, 1.54) is 0 Å². The number of hydrogen-bond acceptors (Lipinski definition) is 6. The van der Waals surface area contributed by atoms with Crippen LogP contribution in [0.25, 0.3) is 10.4 Å². The first-order valence-electron chi connectivity index (χ1n) is 13.2. The maximum Gasteiger partial charge on any atom is 0.408 e. The highest BCUT2D eigenvalue weighted by Gasteiger charge is 2.30. The molecule has 1 aromatic rings. The number of carbonyl (C=O) groups is 3. The second-order valence-corrected chi connectivity index (χ2v) is 13.3. The van der Waals surface area contributed by atoms with Crippen molar-refractivity contribution in [1.29, 1.82) is 0 Å². The van der Waals surface area contributed by atoms with E-state index >= 15 is 0 Å². The van der Waals surface area contributed by atoms with Gasteiger partial charge in [0, 0.05) is 28.0 Å². The van der Waals surface area contributed by atoms with Gasteiger partial charge in [-0.15, -0.1) is 0 Å². The molecule has 1 rings (SSSR count). The summed E-state index contributed by atoms with van der Waals surface area (Å²) in [6.07, 6.45) is -0.711. The summed E-state index contributed by atoms with van der Waals surface area (Å²) in [5, 5.41) is 12.1. The first-order chi connectivity index (χ1) is 18.3. The van der Waals surface area contributed by atoms with E-state index in [0.717, 1.165) is 21.2 Å². The van der Waals surface area contributed by atoms with Gasteiger partial charge in [0.2, 0.25) is 11.8 Å². The van der Waals surface area contributed by atoms with Crippen LogP contribution >= 0.6 is 15.9 Å². The van der Waals surface area contributed by atoms with Crippen LogP contribution in [0.2, 0.25) is 0 Å². The molecule has 0 saturated carbocycles. The predicted molar refractivity (Wildman–Crippen MR) is 160 cm³/mol. The van der Waals surface area contributed by atoms with E-state index in [0.29, 0.717) is 12.3 Å². The van der Waals surface area contributed by atoms with Crippen LogP contribution in [0.5, 0.6) is 0 Å². The number of nitrogens with one attached hydrogen (secondary N) is 3. The molecule has 0 heterocycles. The van der Waals surface area contributed by atoms with Crippen molar-refractivity contribution in [2.45, 2.75) is 99.3 Å². The number of benzene rings is 1. The summed E-state index contributed by atoms with van der Waals surface area (Å²) >= 11 is 3.56. The van der Waals surface area contributed by atoms with Crippen molar-refractivity contribution in [2.24, 2.45) is 10.5 Å². The number of rotatable bonds is 13. The van der Waals surface area contributed by atoms with Gasteiger partial charge < -0.3 is 25.4 Å². The van der Waals surface area contributed by atoms with Crippen LogP contribution in [0.3, 0.4) is 0 Å². The fraction of sp³-hybridized carbons (Fsp3) is 0.679. The van der Waals surface area contributed by atoms with Crippen molar-refractivity contribution in [3.8, 4) is 0 Å². The average molecular weight is 626 g/mol. The molecule has 12 heteroatoms. The van der Waals surface area contributed by atoms with Crippen LogP contribution in [0.1, 0.15) is 78.0 Å². The zero-order chi connectivity index (χ0) is 30.9. The van der Waals surface area contributed by atoms with Crippen molar-refractivity contribution in [3.05, 3.63) is 37.7 Å². The van der Waals surface area contributed by atoms with Crippen LogP contribution in [-0.4, -0.2) is 54.8 Å². The van der Waals surface area contributed by atoms with Gasteiger partial charge in [-0.25, -0.2) is 4.79 Å². The smallest absolute Gasteiger partial charge is 0.408 e. The Hall–Kier alpha value is -2.82. The summed E-state index contributed by atoms with van der Waals surface area (Å²) in [5.41, 5.74) is 10.3. The highest BCUT2D eigenvalue weighted by Crippen LogP contribution is 2.31. The molecule has 0 fully saturated rings. The molecule has 3 amide bonds. The Bertz CT molecular complexity index is 1120. The van der Waals surface area contributed by atoms with Crippen molar-refractivity contribution in [2.75, 3.05) is 25.1 Å². The number of anilines is 1. The van der Waals surface area contributed by atoms with Gasteiger partial charge in [0.15, 0.2) is 0 Å². The summed E-state index contributed by atoms with van der Waals surface area (Å²) in [4.78, 5) is 41.5. The Morgan fingerprint density at radius 3 is 2.25 bits per heavy atom. The molecule has 0 saturated heterocycles. The van der Waals surface area contributed by atoms with Crippen molar-refractivity contribution in [1.82, 2.24) is 10.6 Å². The third kappa shape index (κ3) is 12.6. The predicted octanol–water partition coefficient (Wildman–Crippen LogP) is 6.23. The van der Waals surface area contributed by atoms with E-state index in [4.69, 9.17) is 15.0 Å². The fourth-order valence-corrected chi connectivity index (χ4v) is 4.17. The number of aryl methyl sites for hydroxylation is 2. The molecule has 0 bridgehead atoms. The number of halogens is 1. The molecule has 0 aromatic heterocycles. The Labute approximate surface area is 246 Å². The highest BCUT2D eigenvalue weighted by molar-refractivity contribution is 9.10. The number of nitrogens with zero attached hydrogens (tertiary/aromatic N) is 3. The first-order valence-corrected chi connectivity index (χ1v) is 14.0. The van der Waals surface area contributed by atoms with Gasteiger partial charge in [0.1, 0.15) is 11.6 Å². The van der Waals surface area contributed by atoms with Gasteiger partial charge in [0.05, 0.1) is 18.8 Å². The molecular weight excluding hydrogens is 580 g/mol. The summed E-state index contributed by atoms with van der Waals surface area (Å²) in [6.45, 7) is 19.2. The zero-order valence-electron chi connectivity index (χ0n) is 25.5. The summed E-state index contributed by atoms with van der Waals surface area (Å²) in [5.74, 6) is -0.748. The number of ether oxygens (including phenoxy) is 2. The molecule has 0 aliphatic rings. The Morgan fingerprint density at radius 2 is 1.68 bits per heavy atom. The second-order valence-electron chi connectivity index (χ2n) is 12.5. The van der Waals surface area contributed by atoms with Crippen molar-refractivity contribution >= 4 is 39.5 Å². The monoisotopic (exact) mass is 624 g/mol. The highest BCUT2D eigenvalue weighted by atomic mass is 79.9. The molecule has 1 aromatic carbocycles. The van der Waals surface area contributed by atoms with Crippen LogP contribution in [0, 0.1) is 26.2 Å². The maximum absolute atomic E-state index is 13.3. The summed E-state index contributed by atoms with van der Waals surface area (Å²) in [7, 11) is 0. The molecule has 0 radical (unpaired) electrons. The van der Waals surface area contributed by atoms with Gasteiger partial charge >= 0.3 is 6.09 Å². The lowest BCUT2D eigenvalue weighted by Gasteiger charge is -2.31. The first kappa shape index (κ1) is 35.2. The SMILES string of the molecule is Cc1cc(C)c(NC(=O)CC[C@H](NC(=O)OC(C)(C)C)C(=O)NC(C)(C)COCC(C)(C)CN=[N+]=[N-])c(C)c1Br. The lowest BCUT2D eigenvalue weighted by molar-refractivity contribution is -0.126. The van der Waals surface area contributed by atoms with Crippen molar-refractivity contribution < 1.29 is 23.9 Å². The quantitative estimate of drug-likeness (QED) is 0.135. The molecule has 224 valence electrons. The van der Waals surface area contributed by atoms with Gasteiger partial charge in [-0.1, -0.05) is 41.0 Å². The molecule has 40 heavy (non-hydrogen) atoms. The minimum Gasteiger partial charge on any atom is -0.444 e. The van der Waals surface area contributed by atoms with E-state index < -0.39 is 29.2 Å². The van der Waals surface area contributed by atoms with Crippen molar-refractivity contribution in [3.63, 3.8) is 0 Å². The number of azide groups is 1. The lowest BCUT2D eigenvalue weighted by atomic mass is 9.95. The minimum atomic E-state index is -1.02.